The van der Waals surface area contributed by atoms with Gasteiger partial charge in [-0.2, -0.15) is 0 Å². The number of aromatic carboxylic acids is 1. The Morgan fingerprint density at radius 3 is 2.43 bits per heavy atom. The van der Waals surface area contributed by atoms with E-state index in [1.54, 1.807) is 30.3 Å². The summed E-state index contributed by atoms with van der Waals surface area (Å²) in [5.74, 6) is -1.21. The molecule has 1 N–H and O–H groups in total. The molecule has 0 atom stereocenters. The second-order valence-electron chi connectivity index (χ2n) is 4.60. The van der Waals surface area contributed by atoms with Crippen molar-refractivity contribution >= 4 is 27.6 Å². The number of carboxylic acids is 1. The molecule has 0 aromatic heterocycles. The van der Waals surface area contributed by atoms with Crippen molar-refractivity contribution in [2.45, 2.75) is 13.5 Å². The van der Waals surface area contributed by atoms with E-state index in [0.29, 0.717) is 6.54 Å². The molecule has 0 unspecified atom stereocenters. The highest BCUT2D eigenvalue weighted by Gasteiger charge is 2.10. The average Bonchev–Trinajstić information content (AvgIpc) is 2.47. The van der Waals surface area contributed by atoms with Crippen LogP contribution < -0.4 is 4.90 Å². The summed E-state index contributed by atoms with van der Waals surface area (Å²) in [4.78, 5) is 13.0. The molecule has 0 fully saturated rings. The first-order chi connectivity index (χ1) is 10.0. The Labute approximate surface area is 131 Å². The Hall–Kier alpha value is -1.88. The fraction of sp³-hybridized carbons (Fsp3) is 0.188. The molecule has 2 aromatic rings. The predicted octanol–water partition coefficient (Wildman–Crippen LogP) is 4.31. The zero-order valence-electron chi connectivity index (χ0n) is 11.5. The molecule has 0 saturated heterocycles. The van der Waals surface area contributed by atoms with E-state index in [-0.39, 0.29) is 11.4 Å². The van der Waals surface area contributed by atoms with Crippen molar-refractivity contribution < 1.29 is 14.3 Å². The normalized spacial score (nSPS) is 10.4. The van der Waals surface area contributed by atoms with E-state index in [0.717, 1.165) is 22.3 Å². The van der Waals surface area contributed by atoms with Gasteiger partial charge in [0.1, 0.15) is 5.82 Å². The summed E-state index contributed by atoms with van der Waals surface area (Å²) in [6.45, 7) is 3.39. The van der Waals surface area contributed by atoms with Crippen LogP contribution in [0.3, 0.4) is 0 Å². The molecule has 0 bridgehead atoms. The van der Waals surface area contributed by atoms with Gasteiger partial charge in [0.15, 0.2) is 0 Å². The highest BCUT2D eigenvalue weighted by Crippen LogP contribution is 2.23. The van der Waals surface area contributed by atoms with Gasteiger partial charge >= 0.3 is 5.97 Å². The average molecular weight is 352 g/mol. The largest absolute Gasteiger partial charge is 0.478 e. The van der Waals surface area contributed by atoms with E-state index in [1.807, 2.05) is 6.92 Å². The minimum absolute atomic E-state index is 0.246. The van der Waals surface area contributed by atoms with Crippen LogP contribution in [0.1, 0.15) is 22.8 Å². The summed E-state index contributed by atoms with van der Waals surface area (Å²) in [6, 6.07) is 11.3. The van der Waals surface area contributed by atoms with E-state index >= 15 is 0 Å². The third-order valence-corrected chi connectivity index (χ3v) is 3.97. The molecule has 21 heavy (non-hydrogen) atoms. The number of halogens is 2. The van der Waals surface area contributed by atoms with Crippen molar-refractivity contribution in [1.82, 2.24) is 0 Å². The fourth-order valence-corrected chi connectivity index (χ4v) is 2.56. The van der Waals surface area contributed by atoms with Gasteiger partial charge in [-0.15, -0.1) is 0 Å². The number of rotatable bonds is 5. The number of hydrogen-bond acceptors (Lipinski definition) is 2. The van der Waals surface area contributed by atoms with Crippen molar-refractivity contribution in [3.8, 4) is 0 Å². The summed E-state index contributed by atoms with van der Waals surface area (Å²) in [6.07, 6.45) is 0. The van der Waals surface area contributed by atoms with Gasteiger partial charge in [-0.1, -0.05) is 22.0 Å². The summed E-state index contributed by atoms with van der Waals surface area (Å²) in [5, 5.41) is 8.97. The van der Waals surface area contributed by atoms with Crippen molar-refractivity contribution in [2.75, 3.05) is 11.4 Å². The van der Waals surface area contributed by atoms with Crippen LogP contribution in [-0.2, 0) is 6.54 Å². The maximum Gasteiger partial charge on any atom is 0.335 e. The van der Waals surface area contributed by atoms with E-state index in [1.165, 1.54) is 12.1 Å². The Bertz CT molecular complexity index is 643. The number of nitrogens with zero attached hydrogens (tertiary/aromatic N) is 1. The summed E-state index contributed by atoms with van der Waals surface area (Å²) < 4.78 is 13.7. The highest BCUT2D eigenvalue weighted by atomic mass is 79.9. The lowest BCUT2D eigenvalue weighted by Gasteiger charge is -2.24. The molecule has 0 aliphatic carbocycles. The third-order valence-electron chi connectivity index (χ3n) is 3.23. The Kier molecular flexibility index (Phi) is 4.96. The monoisotopic (exact) mass is 351 g/mol. The molecule has 0 saturated carbocycles. The topological polar surface area (TPSA) is 40.5 Å². The molecule has 0 aliphatic rings. The fourth-order valence-electron chi connectivity index (χ4n) is 2.05. The van der Waals surface area contributed by atoms with Crippen LogP contribution in [0.5, 0.6) is 0 Å². The van der Waals surface area contributed by atoms with Crippen LogP contribution >= 0.6 is 15.9 Å². The number of anilines is 1. The van der Waals surface area contributed by atoms with Gasteiger partial charge in [0.05, 0.1) is 5.56 Å². The molecule has 0 spiro atoms. The lowest BCUT2D eigenvalue weighted by Crippen LogP contribution is -2.22. The van der Waals surface area contributed by atoms with Crippen LogP contribution in [0, 0.1) is 5.82 Å². The predicted molar refractivity (Wildman–Crippen MR) is 84.2 cm³/mol. The minimum atomic E-state index is -0.951. The van der Waals surface area contributed by atoms with Gasteiger partial charge in [0.25, 0.3) is 0 Å². The van der Waals surface area contributed by atoms with Crippen LogP contribution in [0.4, 0.5) is 10.1 Å². The molecule has 0 aliphatic heterocycles. The Morgan fingerprint density at radius 2 is 1.90 bits per heavy atom. The summed E-state index contributed by atoms with van der Waals surface area (Å²) in [5.41, 5.74) is 2.15. The number of benzene rings is 2. The van der Waals surface area contributed by atoms with Gasteiger partial charge in [-0.25, -0.2) is 9.18 Å². The van der Waals surface area contributed by atoms with Crippen LogP contribution in [0.2, 0.25) is 0 Å². The number of carbonyl (C=O) groups is 1. The van der Waals surface area contributed by atoms with Gasteiger partial charge in [-0.05, 0) is 48.9 Å². The van der Waals surface area contributed by atoms with Crippen LogP contribution in [0.25, 0.3) is 0 Å². The molecule has 2 rings (SSSR count). The molecule has 0 radical (unpaired) electrons. The quantitative estimate of drug-likeness (QED) is 0.872. The summed E-state index contributed by atoms with van der Waals surface area (Å²) in [7, 11) is 0. The van der Waals surface area contributed by atoms with Gasteiger partial charge in [0, 0.05) is 23.2 Å². The lowest BCUT2D eigenvalue weighted by atomic mass is 10.1. The first-order valence-electron chi connectivity index (χ1n) is 6.53. The maximum absolute atomic E-state index is 13.0. The zero-order valence-corrected chi connectivity index (χ0v) is 13.1. The lowest BCUT2D eigenvalue weighted by molar-refractivity contribution is 0.0697. The molecule has 3 nitrogen and oxygen atoms in total. The van der Waals surface area contributed by atoms with E-state index in [9.17, 15) is 9.18 Å². The first-order valence-corrected chi connectivity index (χ1v) is 7.32. The zero-order chi connectivity index (χ0) is 15.4. The second kappa shape index (κ2) is 6.72. The highest BCUT2D eigenvalue weighted by molar-refractivity contribution is 9.10. The third kappa shape index (κ3) is 3.82. The standard InChI is InChI=1S/C16H15BrFNO2/c1-2-19(14-7-5-13(18)6-8-14)10-12-4-3-11(16(20)21)9-15(12)17/h3-9H,2,10H2,1H3,(H,20,21). The van der Waals surface area contributed by atoms with Crippen LogP contribution in [0.15, 0.2) is 46.9 Å². The molecule has 0 heterocycles. The number of hydrogen-bond donors (Lipinski definition) is 1. The van der Waals surface area contributed by atoms with E-state index in [2.05, 4.69) is 20.8 Å². The minimum Gasteiger partial charge on any atom is -0.478 e. The number of carboxylic acid groups (broad SMARTS) is 1. The SMILES string of the molecule is CCN(Cc1ccc(C(=O)O)cc1Br)c1ccc(F)cc1. The van der Waals surface area contributed by atoms with Crippen molar-refractivity contribution in [3.63, 3.8) is 0 Å². The molecular weight excluding hydrogens is 337 g/mol. The van der Waals surface area contributed by atoms with E-state index in [4.69, 9.17) is 5.11 Å². The van der Waals surface area contributed by atoms with Crippen molar-refractivity contribution in [3.05, 3.63) is 63.9 Å². The van der Waals surface area contributed by atoms with Crippen LogP contribution in [-0.4, -0.2) is 17.6 Å². The second-order valence-corrected chi connectivity index (χ2v) is 5.46. The van der Waals surface area contributed by atoms with Gasteiger partial charge in [-0.3, -0.25) is 0 Å². The first kappa shape index (κ1) is 15.5. The molecule has 2 aromatic carbocycles. The Balaban J connectivity index is 2.22. The molecule has 5 heteroatoms. The van der Waals surface area contributed by atoms with Crippen molar-refractivity contribution in [1.29, 1.82) is 0 Å². The molecular formula is C16H15BrFNO2. The smallest absolute Gasteiger partial charge is 0.335 e. The van der Waals surface area contributed by atoms with Gasteiger partial charge in [0.2, 0.25) is 0 Å². The van der Waals surface area contributed by atoms with Crippen molar-refractivity contribution in [2.24, 2.45) is 0 Å². The van der Waals surface area contributed by atoms with Gasteiger partial charge < -0.3 is 10.0 Å². The van der Waals surface area contributed by atoms with E-state index < -0.39 is 5.97 Å². The molecule has 0 amide bonds. The Morgan fingerprint density at radius 1 is 1.24 bits per heavy atom. The molecule has 110 valence electrons. The summed E-state index contributed by atoms with van der Waals surface area (Å²) >= 11 is 3.41. The maximum atomic E-state index is 13.0.